The van der Waals surface area contributed by atoms with E-state index in [0.29, 0.717) is 6.54 Å². The Hall–Kier alpha value is -1.46. The molecule has 1 aromatic carbocycles. The molecule has 1 aliphatic rings. The van der Waals surface area contributed by atoms with Crippen LogP contribution >= 0.6 is 12.4 Å². The summed E-state index contributed by atoms with van der Waals surface area (Å²) in [7, 11) is 0. The molecule has 0 saturated carbocycles. The minimum atomic E-state index is -0.179. The summed E-state index contributed by atoms with van der Waals surface area (Å²) in [5.74, 6) is 1.25. The monoisotopic (exact) mass is 286 g/mol. The lowest BCUT2D eigenvalue weighted by Gasteiger charge is -2.17. The first-order valence-electron chi connectivity index (χ1n) is 6.01. The molecule has 2 atom stereocenters. The minimum absolute atomic E-state index is 0. The number of hydrogen-bond donors (Lipinski definition) is 2. The van der Waals surface area contributed by atoms with Crippen LogP contribution in [-0.4, -0.2) is 19.2 Å². The Kier molecular flexibility index (Phi) is 5.44. The number of benzene rings is 1. The summed E-state index contributed by atoms with van der Waals surface area (Å²) >= 11 is 0. The van der Waals surface area contributed by atoms with Gasteiger partial charge in [0.05, 0.1) is 6.04 Å². The number of carbonyl (C=O) groups excluding carboxylic acids is 1. The maximum absolute atomic E-state index is 11.7. The summed E-state index contributed by atoms with van der Waals surface area (Å²) < 4.78 is 10.6. The first-order valence-corrected chi connectivity index (χ1v) is 6.01. The van der Waals surface area contributed by atoms with Crippen molar-refractivity contribution in [3.8, 4) is 11.5 Å². The van der Waals surface area contributed by atoms with Gasteiger partial charge in [-0.05, 0) is 24.6 Å². The van der Waals surface area contributed by atoms with Crippen LogP contribution in [0.5, 0.6) is 11.5 Å². The lowest BCUT2D eigenvalue weighted by molar-refractivity contribution is -0.124. The van der Waals surface area contributed by atoms with Gasteiger partial charge >= 0.3 is 0 Å². The third-order valence-electron chi connectivity index (χ3n) is 3.06. The van der Waals surface area contributed by atoms with Crippen molar-refractivity contribution in [1.29, 1.82) is 0 Å². The molecule has 1 aromatic rings. The second-order valence-corrected chi connectivity index (χ2v) is 4.48. The molecule has 3 N–H and O–H groups in total. The first-order chi connectivity index (χ1) is 8.61. The molecule has 2 rings (SSSR count). The molecule has 19 heavy (non-hydrogen) atoms. The van der Waals surface area contributed by atoms with Crippen LogP contribution in [0.1, 0.15) is 25.5 Å². The van der Waals surface area contributed by atoms with E-state index in [1.54, 1.807) is 0 Å². The third-order valence-corrected chi connectivity index (χ3v) is 3.06. The van der Waals surface area contributed by atoms with Crippen LogP contribution < -0.4 is 20.5 Å². The van der Waals surface area contributed by atoms with Crippen LogP contribution in [0.2, 0.25) is 0 Å². The summed E-state index contributed by atoms with van der Waals surface area (Å²) in [6.07, 6.45) is 0. The average molecular weight is 287 g/mol. The fourth-order valence-corrected chi connectivity index (χ4v) is 1.73. The zero-order valence-electron chi connectivity index (χ0n) is 11.0. The van der Waals surface area contributed by atoms with Crippen LogP contribution in [0.4, 0.5) is 0 Å². The van der Waals surface area contributed by atoms with Gasteiger partial charge in [0.25, 0.3) is 0 Å². The van der Waals surface area contributed by atoms with Crippen molar-refractivity contribution in [1.82, 2.24) is 5.32 Å². The highest BCUT2D eigenvalue weighted by Gasteiger charge is 2.18. The molecule has 1 heterocycles. The maximum atomic E-state index is 11.7. The Morgan fingerprint density at radius 3 is 2.74 bits per heavy atom. The highest BCUT2D eigenvalue weighted by Crippen LogP contribution is 2.34. The number of nitrogens with one attached hydrogen (secondary N) is 1. The molecule has 0 aromatic heterocycles. The number of carbonyl (C=O) groups is 1. The molecule has 2 unspecified atom stereocenters. The fraction of sp³-hybridized carbons (Fsp3) is 0.462. The number of nitrogens with two attached hydrogens (primary N) is 1. The molecule has 1 amide bonds. The summed E-state index contributed by atoms with van der Waals surface area (Å²) in [5.41, 5.74) is 6.45. The van der Waals surface area contributed by atoms with Gasteiger partial charge in [-0.2, -0.15) is 0 Å². The van der Waals surface area contributed by atoms with E-state index in [2.05, 4.69) is 5.32 Å². The molecule has 0 aliphatic carbocycles. The number of hydrogen-bond acceptors (Lipinski definition) is 4. The van der Waals surface area contributed by atoms with Crippen molar-refractivity contribution in [2.45, 2.75) is 19.9 Å². The van der Waals surface area contributed by atoms with Gasteiger partial charge in [0, 0.05) is 12.5 Å². The fourth-order valence-electron chi connectivity index (χ4n) is 1.73. The van der Waals surface area contributed by atoms with Gasteiger partial charge < -0.3 is 20.5 Å². The first kappa shape index (κ1) is 15.6. The second kappa shape index (κ2) is 6.63. The molecule has 0 spiro atoms. The van der Waals surface area contributed by atoms with Gasteiger partial charge in [0.15, 0.2) is 11.5 Å². The van der Waals surface area contributed by atoms with Crippen LogP contribution in [0.3, 0.4) is 0 Å². The van der Waals surface area contributed by atoms with Crippen molar-refractivity contribution < 1.29 is 14.3 Å². The Morgan fingerprint density at radius 1 is 1.37 bits per heavy atom. The summed E-state index contributed by atoms with van der Waals surface area (Å²) in [6.45, 7) is 4.34. The molecular formula is C13H19ClN2O3. The molecule has 0 fully saturated rings. The Labute approximate surface area is 118 Å². The van der Waals surface area contributed by atoms with Crippen molar-refractivity contribution in [2.75, 3.05) is 13.3 Å². The van der Waals surface area contributed by atoms with Gasteiger partial charge in [-0.15, -0.1) is 12.4 Å². The van der Waals surface area contributed by atoms with E-state index >= 15 is 0 Å². The zero-order valence-corrected chi connectivity index (χ0v) is 11.8. The van der Waals surface area contributed by atoms with Gasteiger partial charge in [-0.25, -0.2) is 0 Å². The van der Waals surface area contributed by atoms with E-state index in [4.69, 9.17) is 15.2 Å². The number of halogens is 1. The average Bonchev–Trinajstić information content (AvgIpc) is 2.84. The molecule has 6 heteroatoms. The number of rotatable bonds is 4. The van der Waals surface area contributed by atoms with E-state index in [1.165, 1.54) is 0 Å². The largest absolute Gasteiger partial charge is 0.454 e. The van der Waals surface area contributed by atoms with Crippen molar-refractivity contribution in [2.24, 2.45) is 11.7 Å². The Balaban J connectivity index is 0.00000180. The van der Waals surface area contributed by atoms with Gasteiger partial charge in [-0.3, -0.25) is 4.79 Å². The van der Waals surface area contributed by atoms with Crippen molar-refractivity contribution >= 4 is 18.3 Å². The lowest BCUT2D eigenvalue weighted by atomic mass is 10.1. The highest BCUT2D eigenvalue weighted by molar-refractivity contribution is 5.85. The number of fused-ring (bicyclic) bond motifs is 1. The topological polar surface area (TPSA) is 73.6 Å². The van der Waals surface area contributed by atoms with Crippen LogP contribution in [0.15, 0.2) is 18.2 Å². The quantitative estimate of drug-likeness (QED) is 0.882. The van der Waals surface area contributed by atoms with E-state index in [-0.39, 0.29) is 37.1 Å². The molecule has 0 saturated heterocycles. The van der Waals surface area contributed by atoms with Crippen LogP contribution in [-0.2, 0) is 4.79 Å². The predicted octanol–water partition coefficient (Wildman–Crippen LogP) is 1.61. The van der Waals surface area contributed by atoms with Crippen molar-refractivity contribution in [3.63, 3.8) is 0 Å². The number of amides is 1. The molecule has 0 radical (unpaired) electrons. The minimum Gasteiger partial charge on any atom is -0.454 e. The molecular weight excluding hydrogens is 268 g/mol. The molecule has 5 nitrogen and oxygen atoms in total. The summed E-state index contributed by atoms with van der Waals surface area (Å²) in [5, 5.41) is 2.92. The van der Waals surface area contributed by atoms with Gasteiger partial charge in [-0.1, -0.05) is 13.0 Å². The van der Waals surface area contributed by atoms with E-state index in [0.717, 1.165) is 17.1 Å². The molecule has 106 valence electrons. The highest BCUT2D eigenvalue weighted by atomic mass is 35.5. The molecule has 1 aliphatic heterocycles. The third kappa shape index (κ3) is 3.52. The Morgan fingerprint density at radius 2 is 2.05 bits per heavy atom. The zero-order chi connectivity index (χ0) is 13.1. The van der Waals surface area contributed by atoms with Crippen molar-refractivity contribution in [3.05, 3.63) is 23.8 Å². The maximum Gasteiger partial charge on any atom is 0.231 e. The molecule has 0 bridgehead atoms. The summed E-state index contributed by atoms with van der Waals surface area (Å²) in [4.78, 5) is 11.7. The Bertz CT molecular complexity index is 454. The van der Waals surface area contributed by atoms with Gasteiger partial charge in [0.1, 0.15) is 0 Å². The summed E-state index contributed by atoms with van der Waals surface area (Å²) in [6, 6.07) is 5.58. The van der Waals surface area contributed by atoms with Crippen LogP contribution in [0.25, 0.3) is 0 Å². The van der Waals surface area contributed by atoms with E-state index in [9.17, 15) is 4.79 Å². The number of ether oxygens (including phenoxy) is 2. The lowest BCUT2D eigenvalue weighted by Crippen LogP contribution is -2.34. The normalized spacial score (nSPS) is 15.3. The van der Waals surface area contributed by atoms with Gasteiger partial charge in [0.2, 0.25) is 12.7 Å². The standard InChI is InChI=1S/C13H18N2O3.ClH/c1-8(6-14)13(16)15-9(2)10-3-4-11-12(5-10)18-7-17-11;/h3-5,8-9H,6-7,14H2,1-2H3,(H,15,16);1H. The van der Waals surface area contributed by atoms with E-state index in [1.807, 2.05) is 32.0 Å². The second-order valence-electron chi connectivity index (χ2n) is 4.48. The van der Waals surface area contributed by atoms with Crippen LogP contribution in [0, 0.1) is 5.92 Å². The predicted molar refractivity (Wildman–Crippen MR) is 74.6 cm³/mol. The smallest absolute Gasteiger partial charge is 0.231 e. The van der Waals surface area contributed by atoms with E-state index < -0.39 is 0 Å². The SMILES string of the molecule is CC(CN)C(=O)NC(C)c1ccc2c(c1)OCO2.Cl.